The monoisotopic (exact) mass is 599 g/mol. The van der Waals surface area contributed by atoms with E-state index in [1.165, 1.54) is 30.3 Å². The van der Waals surface area contributed by atoms with Crippen LogP contribution in [0.2, 0.25) is 10.0 Å². The zero-order valence-corrected chi connectivity index (χ0v) is 24.4. The molecule has 0 spiro atoms. The molecule has 0 fully saturated rings. The van der Waals surface area contributed by atoms with Crippen molar-refractivity contribution in [2.75, 3.05) is 6.61 Å². The Hall–Kier alpha value is -3.68. The van der Waals surface area contributed by atoms with E-state index >= 15 is 4.39 Å². The second kappa shape index (κ2) is 12.5. The standard InChI is InChI=1S/C30H28Cl2FN3O5/c1-29(2,41-30(3,4)37)11-12-38-22-8-5-19(6-9-22)28-36-35-25(40-28)15-20-7-10-24(32)27(26(20)33)39-23-14-18(17-34)13-21(31)16-23/h5-10,13-14,16,37H,11-12,15H2,1-4H3. The van der Waals surface area contributed by atoms with Crippen LogP contribution in [0.3, 0.4) is 0 Å². The van der Waals surface area contributed by atoms with Crippen molar-refractivity contribution in [2.45, 2.75) is 51.9 Å². The van der Waals surface area contributed by atoms with E-state index in [0.29, 0.717) is 24.3 Å². The minimum Gasteiger partial charge on any atom is -0.493 e. The molecule has 1 aromatic heterocycles. The second-order valence-electron chi connectivity index (χ2n) is 10.3. The molecule has 0 amide bonds. The van der Waals surface area contributed by atoms with E-state index in [2.05, 4.69) is 10.2 Å². The molecule has 0 atom stereocenters. The molecule has 1 N–H and O–H groups in total. The van der Waals surface area contributed by atoms with Crippen LogP contribution in [0.15, 0.2) is 59.0 Å². The third kappa shape index (κ3) is 8.41. The average Bonchev–Trinajstić information content (AvgIpc) is 3.35. The molecule has 4 rings (SSSR count). The number of ether oxygens (including phenoxy) is 3. The van der Waals surface area contributed by atoms with E-state index in [4.69, 9.17) is 47.1 Å². The molecule has 1 heterocycles. The van der Waals surface area contributed by atoms with Crippen LogP contribution in [0.4, 0.5) is 4.39 Å². The molecule has 41 heavy (non-hydrogen) atoms. The van der Waals surface area contributed by atoms with Gasteiger partial charge in [0.25, 0.3) is 0 Å². The first kappa shape index (κ1) is 30.3. The van der Waals surface area contributed by atoms with Gasteiger partial charge < -0.3 is 23.7 Å². The van der Waals surface area contributed by atoms with Crippen LogP contribution in [0.5, 0.6) is 17.2 Å². The Morgan fingerprint density at radius 1 is 1.00 bits per heavy atom. The Kier molecular flexibility index (Phi) is 9.20. The number of hydrogen-bond donors (Lipinski definition) is 1. The third-order valence-corrected chi connectivity index (χ3v) is 6.27. The van der Waals surface area contributed by atoms with Crippen molar-refractivity contribution in [3.8, 4) is 34.8 Å². The molecule has 11 heteroatoms. The molecular formula is C30H28Cl2FN3O5. The maximum atomic E-state index is 15.4. The minimum atomic E-state index is -1.23. The zero-order valence-electron chi connectivity index (χ0n) is 22.9. The van der Waals surface area contributed by atoms with Crippen molar-refractivity contribution >= 4 is 23.2 Å². The van der Waals surface area contributed by atoms with Gasteiger partial charge in [0.15, 0.2) is 17.4 Å². The predicted molar refractivity (Wildman–Crippen MR) is 152 cm³/mol. The summed E-state index contributed by atoms with van der Waals surface area (Å²) in [7, 11) is 0. The third-order valence-electron chi connectivity index (χ3n) is 5.76. The normalized spacial score (nSPS) is 11.8. The van der Waals surface area contributed by atoms with Gasteiger partial charge in [0.2, 0.25) is 11.8 Å². The number of aromatic nitrogens is 2. The SMILES string of the molecule is CC(C)(O)OC(C)(C)CCOc1ccc(-c2nnc(Cc3ccc(Cl)c(Oc4cc(Cl)cc(C#N)c4)c3F)o2)cc1. The topological polar surface area (TPSA) is 111 Å². The van der Waals surface area contributed by atoms with Crippen LogP contribution in [0.25, 0.3) is 11.5 Å². The Morgan fingerprint density at radius 3 is 2.41 bits per heavy atom. The summed E-state index contributed by atoms with van der Waals surface area (Å²) in [4.78, 5) is 0. The Bertz CT molecular complexity index is 1560. The highest BCUT2D eigenvalue weighted by atomic mass is 35.5. The van der Waals surface area contributed by atoms with Gasteiger partial charge >= 0.3 is 0 Å². The van der Waals surface area contributed by atoms with Crippen LogP contribution < -0.4 is 9.47 Å². The predicted octanol–water partition coefficient (Wildman–Crippen LogP) is 7.73. The lowest BCUT2D eigenvalue weighted by atomic mass is 10.1. The quantitative estimate of drug-likeness (QED) is 0.174. The molecule has 0 saturated heterocycles. The summed E-state index contributed by atoms with van der Waals surface area (Å²) >= 11 is 12.2. The van der Waals surface area contributed by atoms with Gasteiger partial charge in [-0.2, -0.15) is 5.26 Å². The second-order valence-corrected chi connectivity index (χ2v) is 11.2. The molecule has 0 saturated carbocycles. The van der Waals surface area contributed by atoms with Crippen LogP contribution >= 0.6 is 23.2 Å². The van der Waals surface area contributed by atoms with Gasteiger partial charge in [0, 0.05) is 22.6 Å². The minimum absolute atomic E-state index is 0.00491. The number of hydrogen-bond acceptors (Lipinski definition) is 8. The lowest BCUT2D eigenvalue weighted by molar-refractivity contribution is -0.237. The largest absolute Gasteiger partial charge is 0.493 e. The van der Waals surface area contributed by atoms with Gasteiger partial charge in [0.1, 0.15) is 11.5 Å². The van der Waals surface area contributed by atoms with Crippen molar-refractivity contribution in [3.63, 3.8) is 0 Å². The van der Waals surface area contributed by atoms with Gasteiger partial charge in [-0.3, -0.25) is 0 Å². The summed E-state index contributed by atoms with van der Waals surface area (Å²) in [6.45, 7) is 7.34. The highest BCUT2D eigenvalue weighted by molar-refractivity contribution is 6.32. The van der Waals surface area contributed by atoms with Gasteiger partial charge in [-0.05, 0) is 76.2 Å². The number of benzene rings is 3. The summed E-state index contributed by atoms with van der Waals surface area (Å²) < 4.78 is 38.3. The maximum absolute atomic E-state index is 15.4. The van der Waals surface area contributed by atoms with Crippen LogP contribution in [0.1, 0.15) is 51.1 Å². The van der Waals surface area contributed by atoms with E-state index in [1.54, 1.807) is 38.1 Å². The first-order valence-corrected chi connectivity index (χ1v) is 13.4. The molecule has 0 aliphatic rings. The van der Waals surface area contributed by atoms with Crippen LogP contribution in [0, 0.1) is 17.1 Å². The van der Waals surface area contributed by atoms with E-state index in [1.807, 2.05) is 19.9 Å². The number of halogens is 3. The molecular weight excluding hydrogens is 572 g/mol. The lowest BCUT2D eigenvalue weighted by Crippen LogP contribution is -2.37. The number of rotatable bonds is 11. The Morgan fingerprint density at radius 2 is 1.73 bits per heavy atom. The average molecular weight is 600 g/mol. The summed E-state index contributed by atoms with van der Waals surface area (Å²) in [5.74, 6) is -0.871. The van der Waals surface area contributed by atoms with Crippen molar-refractivity contribution in [1.82, 2.24) is 10.2 Å². The maximum Gasteiger partial charge on any atom is 0.247 e. The fraction of sp³-hybridized carbons (Fsp3) is 0.300. The molecule has 214 valence electrons. The first-order chi connectivity index (χ1) is 19.3. The fourth-order valence-corrected chi connectivity index (χ4v) is 4.46. The summed E-state index contributed by atoms with van der Waals surface area (Å²) in [5, 5.41) is 27.5. The molecule has 8 nitrogen and oxygen atoms in total. The first-order valence-electron chi connectivity index (χ1n) is 12.7. The summed E-state index contributed by atoms with van der Waals surface area (Å²) in [6.07, 6.45) is 0.564. The van der Waals surface area contributed by atoms with Crippen LogP contribution in [-0.2, 0) is 11.2 Å². The molecule has 0 aliphatic carbocycles. The van der Waals surface area contributed by atoms with E-state index < -0.39 is 17.2 Å². The van der Waals surface area contributed by atoms with E-state index in [-0.39, 0.29) is 50.9 Å². The number of nitriles is 1. The molecule has 0 bridgehead atoms. The van der Waals surface area contributed by atoms with E-state index in [0.717, 1.165) is 0 Å². The smallest absolute Gasteiger partial charge is 0.247 e. The summed E-state index contributed by atoms with van der Waals surface area (Å²) in [6, 6.07) is 16.4. The molecule has 0 aliphatic heterocycles. The lowest BCUT2D eigenvalue weighted by Gasteiger charge is -2.32. The molecule has 3 aromatic carbocycles. The van der Waals surface area contributed by atoms with Gasteiger partial charge in [0.05, 0.1) is 35.3 Å². The van der Waals surface area contributed by atoms with Crippen molar-refractivity contribution in [1.29, 1.82) is 5.26 Å². The molecule has 4 aromatic rings. The highest BCUT2D eigenvalue weighted by Gasteiger charge is 2.27. The van der Waals surface area contributed by atoms with Crippen molar-refractivity contribution in [3.05, 3.63) is 87.5 Å². The van der Waals surface area contributed by atoms with Gasteiger partial charge in [-0.25, -0.2) is 4.39 Å². The van der Waals surface area contributed by atoms with Crippen molar-refractivity contribution in [2.24, 2.45) is 0 Å². The number of aliphatic hydroxyl groups is 1. The molecule has 0 unspecified atom stereocenters. The number of nitrogens with zero attached hydrogens (tertiary/aromatic N) is 3. The van der Waals surface area contributed by atoms with Gasteiger partial charge in [-0.15, -0.1) is 10.2 Å². The van der Waals surface area contributed by atoms with E-state index in [9.17, 15) is 5.11 Å². The zero-order chi connectivity index (χ0) is 29.8. The van der Waals surface area contributed by atoms with Crippen LogP contribution in [-0.4, -0.2) is 33.3 Å². The Labute approximate surface area is 247 Å². The highest BCUT2D eigenvalue weighted by Crippen LogP contribution is 2.36. The van der Waals surface area contributed by atoms with Gasteiger partial charge in [-0.1, -0.05) is 29.3 Å². The summed E-state index contributed by atoms with van der Waals surface area (Å²) in [5.41, 5.74) is 0.586. The molecule has 0 radical (unpaired) electrons. The fourth-order valence-electron chi connectivity index (χ4n) is 4.05. The van der Waals surface area contributed by atoms with Crippen molar-refractivity contribution < 1.29 is 28.1 Å². The Balaban J connectivity index is 1.41.